The average Bonchev–Trinajstić information content (AvgIpc) is 2.38. The fraction of sp³-hybridized carbons (Fsp3) is 1.00. The lowest BCUT2D eigenvalue weighted by molar-refractivity contribution is 0.148. The van der Waals surface area contributed by atoms with Crippen LogP contribution in [0.2, 0.25) is 0 Å². The molecule has 6 heteroatoms. The molecule has 0 radical (unpaired) electrons. The molecule has 0 amide bonds. The van der Waals surface area contributed by atoms with Crippen LogP contribution in [0.5, 0.6) is 0 Å². The summed E-state index contributed by atoms with van der Waals surface area (Å²) in [5, 5.41) is 9.31. The minimum atomic E-state index is -3.42. The number of rotatable bonds is 6. The molecular weight excluding hydrogens is 252 g/mol. The number of aliphatic hydroxyl groups excluding tert-OH is 1. The summed E-state index contributed by atoms with van der Waals surface area (Å²) in [4.78, 5) is 0. The highest BCUT2D eigenvalue weighted by Crippen LogP contribution is 2.22. The maximum Gasteiger partial charge on any atom is 0.282 e. The Bertz CT molecular complexity index is 345. The number of aliphatic hydroxyl groups is 1. The van der Waals surface area contributed by atoms with Crippen molar-refractivity contribution in [2.45, 2.75) is 45.6 Å². The molecule has 1 rings (SSSR count). The van der Waals surface area contributed by atoms with Crippen molar-refractivity contribution in [2.75, 3.05) is 26.7 Å². The van der Waals surface area contributed by atoms with Crippen molar-refractivity contribution >= 4 is 10.2 Å². The second kappa shape index (κ2) is 6.84. The highest BCUT2D eigenvalue weighted by atomic mass is 32.2. The van der Waals surface area contributed by atoms with Crippen molar-refractivity contribution in [3.63, 3.8) is 0 Å². The first-order valence-electron chi connectivity index (χ1n) is 6.77. The van der Waals surface area contributed by atoms with E-state index >= 15 is 0 Å². The van der Waals surface area contributed by atoms with E-state index in [1.807, 2.05) is 6.92 Å². The minimum Gasteiger partial charge on any atom is -0.395 e. The molecule has 0 aromatic rings. The van der Waals surface area contributed by atoms with E-state index in [0.717, 1.165) is 25.7 Å². The molecule has 1 aliphatic heterocycles. The lowest BCUT2D eigenvalue weighted by atomic mass is 10.1. The van der Waals surface area contributed by atoms with Crippen molar-refractivity contribution in [3.8, 4) is 0 Å². The molecule has 1 N–H and O–H groups in total. The normalized spacial score (nSPS) is 24.4. The summed E-state index contributed by atoms with van der Waals surface area (Å²) >= 11 is 0. The topological polar surface area (TPSA) is 60.9 Å². The lowest BCUT2D eigenvalue weighted by Gasteiger charge is -2.36. The highest BCUT2D eigenvalue weighted by Gasteiger charge is 2.34. The Morgan fingerprint density at radius 2 is 2.11 bits per heavy atom. The lowest BCUT2D eigenvalue weighted by Crippen LogP contribution is -2.51. The van der Waals surface area contributed by atoms with Crippen molar-refractivity contribution < 1.29 is 13.5 Å². The second-order valence-corrected chi connectivity index (χ2v) is 7.23. The predicted molar refractivity (Wildman–Crippen MR) is 72.4 cm³/mol. The average molecular weight is 278 g/mol. The van der Waals surface area contributed by atoms with Gasteiger partial charge in [-0.2, -0.15) is 17.0 Å². The van der Waals surface area contributed by atoms with Crippen molar-refractivity contribution in [1.29, 1.82) is 0 Å². The molecular formula is C12H26N2O3S. The summed E-state index contributed by atoms with van der Waals surface area (Å²) < 4.78 is 27.8. The van der Waals surface area contributed by atoms with E-state index in [0.29, 0.717) is 19.0 Å². The van der Waals surface area contributed by atoms with Crippen LogP contribution < -0.4 is 0 Å². The third-order valence-corrected chi connectivity index (χ3v) is 5.75. The number of hydrogen-bond donors (Lipinski definition) is 1. The SMILES string of the molecule is CCC(C)CN(C)S(=O)(=O)N1CCCCC1CO. The Kier molecular flexibility index (Phi) is 6.04. The molecule has 1 heterocycles. The van der Waals surface area contributed by atoms with Gasteiger partial charge in [0, 0.05) is 26.2 Å². The molecule has 1 fully saturated rings. The first kappa shape index (κ1) is 15.9. The standard InChI is InChI=1S/C12H26N2O3S/c1-4-11(2)9-13(3)18(16,17)14-8-6-5-7-12(14)10-15/h11-12,15H,4-10H2,1-3H3. The zero-order valence-electron chi connectivity index (χ0n) is 11.7. The molecule has 0 aliphatic carbocycles. The fourth-order valence-corrected chi connectivity index (χ4v) is 4.01. The van der Waals surface area contributed by atoms with E-state index in [1.165, 1.54) is 8.61 Å². The first-order valence-corrected chi connectivity index (χ1v) is 8.17. The molecule has 0 aromatic heterocycles. The number of hydrogen-bond acceptors (Lipinski definition) is 3. The molecule has 0 aromatic carbocycles. The van der Waals surface area contributed by atoms with E-state index < -0.39 is 10.2 Å². The van der Waals surface area contributed by atoms with Gasteiger partial charge in [0.15, 0.2) is 0 Å². The summed E-state index contributed by atoms with van der Waals surface area (Å²) in [7, 11) is -1.79. The van der Waals surface area contributed by atoms with Crippen molar-refractivity contribution in [3.05, 3.63) is 0 Å². The Balaban J connectivity index is 2.77. The van der Waals surface area contributed by atoms with E-state index in [1.54, 1.807) is 7.05 Å². The van der Waals surface area contributed by atoms with Crippen LogP contribution in [0.3, 0.4) is 0 Å². The molecule has 2 atom stereocenters. The monoisotopic (exact) mass is 278 g/mol. The molecule has 0 spiro atoms. The van der Waals surface area contributed by atoms with E-state index in [2.05, 4.69) is 6.92 Å². The number of nitrogens with zero attached hydrogens (tertiary/aromatic N) is 2. The molecule has 1 saturated heterocycles. The van der Waals surface area contributed by atoms with Gasteiger partial charge in [0.05, 0.1) is 6.61 Å². The first-order chi connectivity index (χ1) is 8.43. The molecule has 0 saturated carbocycles. The van der Waals surface area contributed by atoms with Gasteiger partial charge in [-0.15, -0.1) is 0 Å². The Hall–Kier alpha value is -0.170. The molecule has 108 valence electrons. The van der Waals surface area contributed by atoms with E-state index in [4.69, 9.17) is 0 Å². The second-order valence-electron chi connectivity index (χ2n) is 5.24. The van der Waals surface area contributed by atoms with Gasteiger partial charge in [0.25, 0.3) is 10.2 Å². The summed E-state index contributed by atoms with van der Waals surface area (Å²) in [6.45, 7) is 5.08. The Morgan fingerprint density at radius 1 is 1.44 bits per heavy atom. The predicted octanol–water partition coefficient (Wildman–Crippen LogP) is 1.06. The zero-order valence-corrected chi connectivity index (χ0v) is 12.5. The Labute approximate surface area is 111 Å². The van der Waals surface area contributed by atoms with Crippen LogP contribution >= 0.6 is 0 Å². The van der Waals surface area contributed by atoms with Gasteiger partial charge >= 0.3 is 0 Å². The minimum absolute atomic E-state index is 0.0869. The van der Waals surface area contributed by atoms with Gasteiger partial charge in [0.1, 0.15) is 0 Å². The maximum absolute atomic E-state index is 12.4. The van der Waals surface area contributed by atoms with Gasteiger partial charge in [-0.25, -0.2) is 0 Å². The van der Waals surface area contributed by atoms with Crippen LogP contribution in [0.15, 0.2) is 0 Å². The molecule has 2 unspecified atom stereocenters. The van der Waals surface area contributed by atoms with Crippen molar-refractivity contribution in [1.82, 2.24) is 8.61 Å². The number of piperidine rings is 1. The molecule has 5 nitrogen and oxygen atoms in total. The van der Waals surface area contributed by atoms with E-state index in [-0.39, 0.29) is 12.6 Å². The Morgan fingerprint density at radius 3 is 2.67 bits per heavy atom. The van der Waals surface area contributed by atoms with Gasteiger partial charge in [0.2, 0.25) is 0 Å². The van der Waals surface area contributed by atoms with E-state index in [9.17, 15) is 13.5 Å². The van der Waals surface area contributed by atoms with Gasteiger partial charge in [-0.1, -0.05) is 26.7 Å². The summed E-state index contributed by atoms with van der Waals surface area (Å²) in [6.07, 6.45) is 3.59. The maximum atomic E-state index is 12.4. The van der Waals surface area contributed by atoms with Crippen LogP contribution in [-0.4, -0.2) is 54.9 Å². The van der Waals surface area contributed by atoms with Gasteiger partial charge < -0.3 is 5.11 Å². The smallest absolute Gasteiger partial charge is 0.282 e. The summed E-state index contributed by atoms with van der Waals surface area (Å²) in [6, 6.07) is -0.247. The molecule has 18 heavy (non-hydrogen) atoms. The third kappa shape index (κ3) is 3.66. The summed E-state index contributed by atoms with van der Waals surface area (Å²) in [5.74, 6) is 0.349. The zero-order chi connectivity index (χ0) is 13.8. The van der Waals surface area contributed by atoms with Crippen LogP contribution in [0.25, 0.3) is 0 Å². The van der Waals surface area contributed by atoms with Crippen LogP contribution in [0, 0.1) is 5.92 Å². The fourth-order valence-electron chi connectivity index (χ4n) is 2.30. The quantitative estimate of drug-likeness (QED) is 0.790. The largest absolute Gasteiger partial charge is 0.395 e. The van der Waals surface area contributed by atoms with Crippen LogP contribution in [-0.2, 0) is 10.2 Å². The van der Waals surface area contributed by atoms with Crippen molar-refractivity contribution in [2.24, 2.45) is 5.92 Å². The highest BCUT2D eigenvalue weighted by molar-refractivity contribution is 7.86. The van der Waals surface area contributed by atoms with Gasteiger partial charge in [-0.3, -0.25) is 0 Å². The third-order valence-electron chi connectivity index (χ3n) is 3.74. The summed E-state index contributed by atoms with van der Waals surface area (Å²) in [5.41, 5.74) is 0. The van der Waals surface area contributed by atoms with Crippen LogP contribution in [0.4, 0.5) is 0 Å². The molecule has 1 aliphatic rings. The molecule has 0 bridgehead atoms. The van der Waals surface area contributed by atoms with Gasteiger partial charge in [-0.05, 0) is 18.8 Å². The van der Waals surface area contributed by atoms with Crippen LogP contribution in [0.1, 0.15) is 39.5 Å².